The number of aromatic nitrogens is 2. The van der Waals surface area contributed by atoms with Gasteiger partial charge in [0, 0.05) is 32.9 Å². The van der Waals surface area contributed by atoms with Gasteiger partial charge >= 0.3 is 0 Å². The highest BCUT2D eigenvalue weighted by atomic mass is 15.0. The number of para-hydroxylation sites is 2. The molecule has 11 aromatic rings. The molecule has 0 fully saturated rings. The fraction of sp³-hybridized carbons (Fsp3) is 0. The van der Waals surface area contributed by atoms with Gasteiger partial charge < -0.3 is 9.13 Å². The Bertz CT molecular complexity index is 3190. The van der Waals surface area contributed by atoms with Crippen LogP contribution in [0.3, 0.4) is 0 Å². The van der Waals surface area contributed by atoms with Crippen molar-refractivity contribution in [2.45, 2.75) is 0 Å². The first kappa shape index (κ1) is 32.0. The van der Waals surface area contributed by atoms with E-state index in [1.165, 1.54) is 88.1 Å². The van der Waals surface area contributed by atoms with Crippen molar-refractivity contribution >= 4 is 43.6 Å². The van der Waals surface area contributed by atoms with E-state index in [2.05, 4.69) is 228 Å². The summed E-state index contributed by atoms with van der Waals surface area (Å²) in [4.78, 5) is 0. The molecule has 0 amide bonds. The summed E-state index contributed by atoms with van der Waals surface area (Å²) in [6, 6.07) is 79.3. The molecule has 11 rings (SSSR count). The molecule has 0 atom stereocenters. The van der Waals surface area contributed by atoms with Crippen molar-refractivity contribution in [2.75, 3.05) is 0 Å². The number of hydrogen-bond acceptors (Lipinski definition) is 0. The molecule has 0 aliphatic carbocycles. The van der Waals surface area contributed by atoms with E-state index in [4.69, 9.17) is 0 Å². The second kappa shape index (κ2) is 13.2. The van der Waals surface area contributed by atoms with Gasteiger partial charge in [0.1, 0.15) is 0 Å². The highest BCUT2D eigenvalue weighted by molar-refractivity contribution is 6.13. The van der Waals surface area contributed by atoms with Crippen molar-refractivity contribution in [3.8, 4) is 55.9 Å². The molecule has 0 saturated heterocycles. The molecule has 0 aliphatic heterocycles. The SMILES string of the molecule is c1ccc(-c2ccc(-c3ccc(-n4c5ccccc5c5cc(-c6ccc7c(c6)c6ccc(-c8ccccc8)cc6n7-c6ccccc6)ccc54)cc3)cc2)cc1. The minimum Gasteiger partial charge on any atom is -0.309 e. The van der Waals surface area contributed by atoms with Gasteiger partial charge in [0.15, 0.2) is 0 Å². The Labute approximate surface area is 325 Å². The first-order valence-electron chi connectivity index (χ1n) is 19.3. The van der Waals surface area contributed by atoms with Crippen LogP contribution < -0.4 is 0 Å². The average Bonchev–Trinajstić information content (AvgIpc) is 3.79. The Balaban J connectivity index is 0.998. The molecule has 2 aromatic heterocycles. The maximum atomic E-state index is 2.41. The van der Waals surface area contributed by atoms with E-state index in [0.29, 0.717) is 0 Å². The minimum atomic E-state index is 1.15. The van der Waals surface area contributed by atoms with E-state index in [0.717, 1.165) is 11.4 Å². The van der Waals surface area contributed by atoms with E-state index >= 15 is 0 Å². The minimum absolute atomic E-state index is 1.15. The summed E-state index contributed by atoms with van der Waals surface area (Å²) < 4.78 is 4.81. The van der Waals surface area contributed by atoms with Crippen molar-refractivity contribution in [3.05, 3.63) is 218 Å². The predicted molar refractivity (Wildman–Crippen MR) is 237 cm³/mol. The summed E-state index contributed by atoms with van der Waals surface area (Å²) in [5, 5.41) is 5.00. The largest absolute Gasteiger partial charge is 0.309 e. The first-order valence-corrected chi connectivity index (χ1v) is 19.3. The predicted octanol–water partition coefficient (Wildman–Crippen LogP) is 14.5. The molecule has 2 heterocycles. The van der Waals surface area contributed by atoms with Gasteiger partial charge in [-0.15, -0.1) is 0 Å². The van der Waals surface area contributed by atoms with Crippen LogP contribution in [0.25, 0.3) is 99.5 Å². The van der Waals surface area contributed by atoms with E-state index in [-0.39, 0.29) is 0 Å². The Morgan fingerprint density at radius 3 is 1.14 bits per heavy atom. The highest BCUT2D eigenvalue weighted by Gasteiger charge is 2.17. The molecule has 2 heteroatoms. The maximum absolute atomic E-state index is 2.41. The Morgan fingerprint density at radius 2 is 0.554 bits per heavy atom. The summed E-state index contributed by atoms with van der Waals surface area (Å²) in [5.41, 5.74) is 16.9. The third-order valence-electron chi connectivity index (χ3n) is 11.3. The van der Waals surface area contributed by atoms with Crippen molar-refractivity contribution in [1.29, 1.82) is 0 Å². The molecular weight excluding hydrogens is 677 g/mol. The smallest absolute Gasteiger partial charge is 0.0547 e. The summed E-state index contributed by atoms with van der Waals surface area (Å²) in [6.07, 6.45) is 0. The van der Waals surface area contributed by atoms with Crippen LogP contribution in [0.4, 0.5) is 0 Å². The highest BCUT2D eigenvalue weighted by Crippen LogP contribution is 2.39. The van der Waals surface area contributed by atoms with E-state index in [1.54, 1.807) is 0 Å². The number of fused-ring (bicyclic) bond motifs is 6. The van der Waals surface area contributed by atoms with Crippen LogP contribution in [0.15, 0.2) is 218 Å². The molecular formula is C54H36N2. The van der Waals surface area contributed by atoms with Crippen LogP contribution in [-0.2, 0) is 0 Å². The Kier molecular flexibility index (Phi) is 7.53. The first-order chi connectivity index (χ1) is 27.8. The molecule has 0 saturated carbocycles. The maximum Gasteiger partial charge on any atom is 0.0547 e. The monoisotopic (exact) mass is 712 g/mol. The van der Waals surface area contributed by atoms with E-state index in [1.807, 2.05) is 0 Å². The van der Waals surface area contributed by atoms with Crippen LogP contribution >= 0.6 is 0 Å². The standard InChI is InChI=1S/C54H36N2/c1-4-12-37(13-5-1)39-20-22-40(23-21-39)41-24-29-46(30-25-41)55-51-19-11-10-18-47(51)49-34-42(27-32-52(49)55)43-28-33-53-50(35-43)48-31-26-44(38-14-6-2-7-15-38)36-54(48)56(53)45-16-8-3-9-17-45/h1-36H. The number of benzene rings is 9. The molecule has 0 spiro atoms. The third kappa shape index (κ3) is 5.34. The number of nitrogens with zero attached hydrogens (tertiary/aromatic N) is 2. The average molecular weight is 713 g/mol. The fourth-order valence-corrected chi connectivity index (χ4v) is 8.59. The molecule has 0 N–H and O–H groups in total. The number of rotatable bonds is 6. The molecule has 0 bridgehead atoms. The summed E-state index contributed by atoms with van der Waals surface area (Å²) in [6.45, 7) is 0. The molecule has 56 heavy (non-hydrogen) atoms. The van der Waals surface area contributed by atoms with Gasteiger partial charge in [-0.3, -0.25) is 0 Å². The van der Waals surface area contributed by atoms with Crippen molar-refractivity contribution in [2.24, 2.45) is 0 Å². The van der Waals surface area contributed by atoms with E-state index in [9.17, 15) is 0 Å². The van der Waals surface area contributed by atoms with Gasteiger partial charge in [-0.05, 0) is 105 Å². The zero-order valence-electron chi connectivity index (χ0n) is 30.7. The lowest BCUT2D eigenvalue weighted by Gasteiger charge is -2.11. The Morgan fingerprint density at radius 1 is 0.196 bits per heavy atom. The van der Waals surface area contributed by atoms with E-state index < -0.39 is 0 Å². The second-order valence-electron chi connectivity index (χ2n) is 14.6. The molecule has 0 radical (unpaired) electrons. The van der Waals surface area contributed by atoms with Crippen molar-refractivity contribution in [1.82, 2.24) is 9.13 Å². The lowest BCUT2D eigenvalue weighted by atomic mass is 9.99. The molecule has 262 valence electrons. The van der Waals surface area contributed by atoms with Gasteiger partial charge in [-0.1, -0.05) is 158 Å². The van der Waals surface area contributed by atoms with Gasteiger partial charge in [0.05, 0.1) is 22.1 Å². The van der Waals surface area contributed by atoms with Crippen LogP contribution in [0.5, 0.6) is 0 Å². The van der Waals surface area contributed by atoms with Gasteiger partial charge in [0.25, 0.3) is 0 Å². The zero-order valence-corrected chi connectivity index (χ0v) is 30.7. The zero-order chi connectivity index (χ0) is 37.0. The van der Waals surface area contributed by atoms with Gasteiger partial charge in [-0.2, -0.15) is 0 Å². The van der Waals surface area contributed by atoms with Crippen molar-refractivity contribution < 1.29 is 0 Å². The van der Waals surface area contributed by atoms with Gasteiger partial charge in [-0.25, -0.2) is 0 Å². The summed E-state index contributed by atoms with van der Waals surface area (Å²) >= 11 is 0. The van der Waals surface area contributed by atoms with Crippen LogP contribution in [-0.4, -0.2) is 9.13 Å². The normalized spacial score (nSPS) is 11.6. The number of hydrogen-bond donors (Lipinski definition) is 0. The molecule has 0 unspecified atom stereocenters. The summed E-state index contributed by atoms with van der Waals surface area (Å²) in [5.74, 6) is 0. The molecule has 0 aliphatic rings. The van der Waals surface area contributed by atoms with Crippen LogP contribution in [0.1, 0.15) is 0 Å². The van der Waals surface area contributed by atoms with Crippen molar-refractivity contribution in [3.63, 3.8) is 0 Å². The topological polar surface area (TPSA) is 9.86 Å². The van der Waals surface area contributed by atoms with Gasteiger partial charge in [0.2, 0.25) is 0 Å². The molecule has 2 nitrogen and oxygen atoms in total. The fourth-order valence-electron chi connectivity index (χ4n) is 8.59. The lowest BCUT2D eigenvalue weighted by Crippen LogP contribution is -1.94. The van der Waals surface area contributed by atoms with Crippen LogP contribution in [0.2, 0.25) is 0 Å². The van der Waals surface area contributed by atoms with Crippen LogP contribution in [0, 0.1) is 0 Å². The quantitative estimate of drug-likeness (QED) is 0.162. The second-order valence-corrected chi connectivity index (χ2v) is 14.6. The summed E-state index contributed by atoms with van der Waals surface area (Å²) in [7, 11) is 0. The molecule has 9 aromatic carbocycles. The third-order valence-corrected chi connectivity index (χ3v) is 11.3. The Hall–Kier alpha value is -7.42. The lowest BCUT2D eigenvalue weighted by molar-refractivity contribution is 1.18.